The maximum Gasteiger partial charge on any atom is 0.101 e. The average Bonchev–Trinajstić information content (AvgIpc) is 2.65. The Balaban J connectivity index is 2.18. The minimum Gasteiger partial charge on any atom is -0.404 e. The van der Waals surface area contributed by atoms with Gasteiger partial charge in [0.15, 0.2) is 0 Å². The maximum atomic E-state index is 6.24. The van der Waals surface area contributed by atoms with Gasteiger partial charge in [0, 0.05) is 45.9 Å². The first-order valence-electron chi connectivity index (χ1n) is 8.50. The Morgan fingerprint density at radius 1 is 1.12 bits per heavy atom. The molecular weight excluding hydrogens is 344 g/mol. The average molecular weight is 369 g/mol. The van der Waals surface area contributed by atoms with Crippen molar-refractivity contribution in [2.45, 2.75) is 13.3 Å². The second-order valence-corrected chi connectivity index (χ2v) is 6.18. The summed E-state index contributed by atoms with van der Waals surface area (Å²) in [5.74, 6) is 0.428. The zero-order valence-electron chi connectivity index (χ0n) is 14.9. The molecule has 0 bridgehead atoms. The van der Waals surface area contributed by atoms with Gasteiger partial charge in [0.1, 0.15) is 5.82 Å². The first-order valence-corrected chi connectivity index (χ1v) is 8.87. The highest BCUT2D eigenvalue weighted by atomic mass is 35.5. The summed E-state index contributed by atoms with van der Waals surface area (Å²) in [6.45, 7) is 7.12. The van der Waals surface area contributed by atoms with Gasteiger partial charge in [0.2, 0.25) is 0 Å². The molecule has 26 heavy (non-hydrogen) atoms. The highest BCUT2D eigenvalue weighted by Gasteiger charge is 2.08. The van der Waals surface area contributed by atoms with Crippen molar-refractivity contribution in [1.82, 2.24) is 5.32 Å². The molecule has 0 saturated heterocycles. The minimum absolute atomic E-state index is 0.428. The van der Waals surface area contributed by atoms with Crippen molar-refractivity contribution in [3.63, 3.8) is 0 Å². The Morgan fingerprint density at radius 3 is 2.42 bits per heavy atom. The van der Waals surface area contributed by atoms with Crippen LogP contribution in [0, 0.1) is 0 Å². The van der Waals surface area contributed by atoms with Crippen molar-refractivity contribution in [1.29, 1.82) is 0 Å². The Morgan fingerprint density at radius 2 is 1.77 bits per heavy atom. The van der Waals surface area contributed by atoms with Gasteiger partial charge in [-0.25, -0.2) is 0 Å². The summed E-state index contributed by atoms with van der Waals surface area (Å²) >= 11 is 6.24. The van der Waals surface area contributed by atoms with E-state index in [0.29, 0.717) is 16.5 Å². The van der Waals surface area contributed by atoms with Crippen LogP contribution in [-0.4, -0.2) is 6.54 Å². The Kier molecular flexibility index (Phi) is 7.18. The van der Waals surface area contributed by atoms with Gasteiger partial charge >= 0.3 is 0 Å². The number of anilines is 1. The fourth-order valence-electron chi connectivity index (χ4n) is 2.52. The lowest BCUT2D eigenvalue weighted by Gasteiger charge is -2.16. The largest absolute Gasteiger partial charge is 0.404 e. The molecule has 0 unspecified atom stereocenters. The number of nitrogens with one attached hydrogen (secondary N) is 2. The van der Waals surface area contributed by atoms with Crippen LogP contribution >= 0.6 is 11.6 Å². The standard InChI is InChI=1S/C21H25ClN4/c1-3-12-25-20-11-7-5-8-17(20)15(2)26-21(24)13-16(14-23)18-9-4-6-10-19(18)22/h4-11,13-14,25-26H,2-3,12,23-24H2,1H3/b16-14+,21-13+. The Hall–Kier alpha value is -2.85. The number of hydrogen-bond acceptors (Lipinski definition) is 4. The van der Waals surface area contributed by atoms with Crippen LogP contribution in [0.2, 0.25) is 5.02 Å². The summed E-state index contributed by atoms with van der Waals surface area (Å²) in [4.78, 5) is 0. The van der Waals surface area contributed by atoms with Crippen molar-refractivity contribution in [2.75, 3.05) is 11.9 Å². The van der Waals surface area contributed by atoms with Gasteiger partial charge in [-0.1, -0.05) is 61.5 Å². The number of rotatable bonds is 8. The fraction of sp³-hybridized carbons (Fsp3) is 0.143. The second-order valence-electron chi connectivity index (χ2n) is 5.78. The molecule has 6 N–H and O–H groups in total. The van der Waals surface area contributed by atoms with Crippen molar-refractivity contribution in [2.24, 2.45) is 11.5 Å². The molecule has 2 aromatic carbocycles. The van der Waals surface area contributed by atoms with Crippen LogP contribution in [0.3, 0.4) is 0 Å². The predicted octanol–water partition coefficient (Wildman–Crippen LogP) is 4.52. The van der Waals surface area contributed by atoms with E-state index in [0.717, 1.165) is 35.4 Å². The predicted molar refractivity (Wildman–Crippen MR) is 113 cm³/mol. The lowest BCUT2D eigenvalue weighted by molar-refractivity contribution is 0.977. The summed E-state index contributed by atoms with van der Waals surface area (Å²) in [6.07, 6.45) is 4.27. The third-order valence-electron chi connectivity index (χ3n) is 3.79. The van der Waals surface area contributed by atoms with Crippen LogP contribution in [0.15, 0.2) is 73.2 Å². The zero-order chi connectivity index (χ0) is 18.9. The monoisotopic (exact) mass is 368 g/mol. The highest BCUT2D eigenvalue weighted by Crippen LogP contribution is 2.25. The molecule has 0 aliphatic carbocycles. The van der Waals surface area contributed by atoms with Gasteiger partial charge in [-0.2, -0.15) is 0 Å². The number of allylic oxidation sites excluding steroid dienone is 2. The maximum absolute atomic E-state index is 6.24. The van der Waals surface area contributed by atoms with Crippen LogP contribution in [0.25, 0.3) is 11.3 Å². The second kappa shape index (κ2) is 9.59. The lowest BCUT2D eigenvalue weighted by atomic mass is 10.1. The molecule has 0 atom stereocenters. The van der Waals surface area contributed by atoms with E-state index in [-0.39, 0.29) is 0 Å². The molecule has 0 spiro atoms. The van der Waals surface area contributed by atoms with Gasteiger partial charge in [0.25, 0.3) is 0 Å². The molecule has 0 amide bonds. The molecular formula is C21H25ClN4. The van der Waals surface area contributed by atoms with Crippen LogP contribution in [0.1, 0.15) is 24.5 Å². The van der Waals surface area contributed by atoms with Crippen LogP contribution in [0.5, 0.6) is 0 Å². The number of hydrogen-bond donors (Lipinski definition) is 4. The molecule has 0 aliphatic rings. The topological polar surface area (TPSA) is 76.1 Å². The molecule has 4 nitrogen and oxygen atoms in total. The number of halogens is 1. The summed E-state index contributed by atoms with van der Waals surface area (Å²) < 4.78 is 0. The van der Waals surface area contributed by atoms with Gasteiger partial charge < -0.3 is 22.1 Å². The smallest absolute Gasteiger partial charge is 0.101 e. The molecule has 5 heteroatoms. The molecule has 0 aromatic heterocycles. The molecule has 136 valence electrons. The van der Waals surface area contributed by atoms with Crippen LogP contribution in [-0.2, 0) is 0 Å². The van der Waals surface area contributed by atoms with Crippen molar-refractivity contribution in [3.05, 3.63) is 89.4 Å². The summed E-state index contributed by atoms with van der Waals surface area (Å²) in [5, 5.41) is 7.14. The Bertz CT molecular complexity index is 824. The van der Waals surface area contributed by atoms with Gasteiger partial charge in [-0.15, -0.1) is 0 Å². The zero-order valence-corrected chi connectivity index (χ0v) is 15.7. The molecule has 0 aliphatic heterocycles. The minimum atomic E-state index is 0.428. The van der Waals surface area contributed by atoms with Gasteiger partial charge in [-0.3, -0.25) is 0 Å². The van der Waals surface area contributed by atoms with Crippen molar-refractivity contribution >= 4 is 28.6 Å². The summed E-state index contributed by atoms with van der Waals surface area (Å²) in [7, 11) is 0. The third-order valence-corrected chi connectivity index (χ3v) is 4.12. The van der Waals surface area contributed by atoms with E-state index >= 15 is 0 Å². The first kappa shape index (κ1) is 19.5. The van der Waals surface area contributed by atoms with E-state index in [9.17, 15) is 0 Å². The van der Waals surface area contributed by atoms with E-state index in [1.54, 1.807) is 6.08 Å². The Labute approximate surface area is 160 Å². The number of benzene rings is 2. The van der Waals surface area contributed by atoms with E-state index in [1.807, 2.05) is 48.5 Å². The molecule has 0 fully saturated rings. The van der Waals surface area contributed by atoms with Crippen molar-refractivity contribution in [3.8, 4) is 0 Å². The number of para-hydroxylation sites is 1. The molecule has 0 radical (unpaired) electrons. The molecule has 2 rings (SSSR count). The lowest BCUT2D eigenvalue weighted by Crippen LogP contribution is -2.19. The van der Waals surface area contributed by atoms with E-state index in [2.05, 4.69) is 24.1 Å². The highest BCUT2D eigenvalue weighted by molar-refractivity contribution is 6.32. The summed E-state index contributed by atoms with van der Waals surface area (Å²) in [6, 6.07) is 15.4. The van der Waals surface area contributed by atoms with Crippen LogP contribution < -0.4 is 22.1 Å². The fourth-order valence-corrected chi connectivity index (χ4v) is 2.76. The first-order chi connectivity index (χ1) is 12.6. The van der Waals surface area contributed by atoms with Gasteiger partial charge in [-0.05, 0) is 24.6 Å². The SMILES string of the molecule is C=C(N/C(N)=C/C(=C\N)c1ccccc1Cl)c1ccccc1NCCC. The van der Waals surface area contributed by atoms with Gasteiger partial charge in [0.05, 0.1) is 0 Å². The number of nitrogens with two attached hydrogens (primary N) is 2. The quantitative estimate of drug-likeness (QED) is 0.516. The van der Waals surface area contributed by atoms with E-state index in [1.165, 1.54) is 6.20 Å². The molecule has 2 aromatic rings. The van der Waals surface area contributed by atoms with Crippen LogP contribution in [0.4, 0.5) is 5.69 Å². The molecule has 0 saturated carbocycles. The molecule has 0 heterocycles. The van der Waals surface area contributed by atoms with E-state index in [4.69, 9.17) is 23.1 Å². The third kappa shape index (κ3) is 5.07. The summed E-state index contributed by atoms with van der Waals surface area (Å²) in [5.41, 5.74) is 16.1. The normalized spacial score (nSPS) is 11.9. The van der Waals surface area contributed by atoms with E-state index < -0.39 is 0 Å². The van der Waals surface area contributed by atoms with Crippen molar-refractivity contribution < 1.29 is 0 Å².